The number of rotatable bonds is 5. The molecule has 1 saturated heterocycles. The minimum atomic E-state index is -0.0169. The summed E-state index contributed by atoms with van der Waals surface area (Å²) < 4.78 is 1.78. The normalized spacial score (nSPS) is 18.0. The maximum Gasteiger partial charge on any atom is 0.226 e. The van der Waals surface area contributed by atoms with Crippen LogP contribution >= 0.6 is 0 Å². The third-order valence-electron chi connectivity index (χ3n) is 3.74. The first-order chi connectivity index (χ1) is 10.2. The summed E-state index contributed by atoms with van der Waals surface area (Å²) in [6.07, 6.45) is 6.87. The van der Waals surface area contributed by atoms with Crippen molar-refractivity contribution in [1.82, 2.24) is 25.3 Å². The van der Waals surface area contributed by atoms with Crippen LogP contribution in [0.2, 0.25) is 0 Å². The fourth-order valence-corrected chi connectivity index (χ4v) is 2.63. The van der Waals surface area contributed by atoms with Gasteiger partial charge in [0.15, 0.2) is 0 Å². The van der Waals surface area contributed by atoms with Gasteiger partial charge < -0.3 is 10.6 Å². The summed E-state index contributed by atoms with van der Waals surface area (Å²) >= 11 is 0. The van der Waals surface area contributed by atoms with Crippen molar-refractivity contribution in [3.8, 4) is 0 Å². The van der Waals surface area contributed by atoms with Crippen LogP contribution in [0.5, 0.6) is 0 Å². The van der Waals surface area contributed by atoms with Crippen molar-refractivity contribution in [2.45, 2.75) is 32.2 Å². The van der Waals surface area contributed by atoms with Crippen molar-refractivity contribution in [3.63, 3.8) is 0 Å². The molecule has 2 aromatic rings. The van der Waals surface area contributed by atoms with E-state index in [1.54, 1.807) is 17.1 Å². The fraction of sp³-hybridized carbons (Fsp3) is 0.500. The molecule has 1 aliphatic rings. The van der Waals surface area contributed by atoms with E-state index in [0.717, 1.165) is 36.5 Å². The lowest BCUT2D eigenvalue weighted by Gasteiger charge is -2.10. The van der Waals surface area contributed by atoms with Crippen LogP contribution in [0.15, 0.2) is 18.6 Å². The number of carbonyl (C=O) groups is 1. The number of carbonyl (C=O) groups excluding carboxylic acids is 1. The van der Waals surface area contributed by atoms with Crippen LogP contribution in [-0.2, 0) is 11.3 Å². The smallest absolute Gasteiger partial charge is 0.226 e. The molecule has 3 N–H and O–H groups in total. The highest BCUT2D eigenvalue weighted by molar-refractivity contribution is 5.91. The van der Waals surface area contributed by atoms with Crippen LogP contribution < -0.4 is 10.6 Å². The molecular formula is C14H20N6O. The van der Waals surface area contributed by atoms with Crippen LogP contribution in [0.1, 0.15) is 30.0 Å². The first kappa shape index (κ1) is 13.8. The predicted octanol–water partition coefficient (Wildman–Crippen LogP) is 1.02. The average Bonchev–Trinajstić information content (AvgIpc) is 3.16. The number of amides is 1. The van der Waals surface area contributed by atoms with Gasteiger partial charge in [0.25, 0.3) is 0 Å². The topological polar surface area (TPSA) is 87.6 Å². The molecule has 1 fully saturated rings. The van der Waals surface area contributed by atoms with E-state index in [0.29, 0.717) is 18.9 Å². The predicted molar refractivity (Wildman–Crippen MR) is 79.0 cm³/mol. The van der Waals surface area contributed by atoms with Gasteiger partial charge in [-0.05, 0) is 25.5 Å². The van der Waals surface area contributed by atoms with E-state index >= 15 is 0 Å². The summed E-state index contributed by atoms with van der Waals surface area (Å²) in [6.45, 7) is 4.50. The Balaban J connectivity index is 1.56. The molecule has 0 radical (unpaired) electrons. The van der Waals surface area contributed by atoms with Crippen LogP contribution in [0.25, 0.3) is 0 Å². The molecule has 1 atom stereocenters. The molecule has 0 saturated carbocycles. The largest absolute Gasteiger partial charge is 0.323 e. The molecular weight excluding hydrogens is 268 g/mol. The molecule has 0 aliphatic carbocycles. The van der Waals surface area contributed by atoms with Gasteiger partial charge in [0.2, 0.25) is 5.91 Å². The van der Waals surface area contributed by atoms with E-state index in [1.807, 2.05) is 13.1 Å². The standard InChI is InChI=1S/C14H20N6O/c1-10-6-17-20(9-10)5-3-13(21)18-12-8-16-19-14(12)11-2-4-15-7-11/h6,8-9,11,15H,2-5,7H2,1H3,(H,16,19)(H,18,21). The first-order valence-corrected chi connectivity index (χ1v) is 7.25. The number of hydrogen-bond acceptors (Lipinski definition) is 4. The van der Waals surface area contributed by atoms with Gasteiger partial charge >= 0.3 is 0 Å². The van der Waals surface area contributed by atoms with Gasteiger partial charge in [-0.1, -0.05) is 0 Å². The summed E-state index contributed by atoms with van der Waals surface area (Å²) in [6, 6.07) is 0. The molecule has 0 aromatic carbocycles. The number of anilines is 1. The lowest BCUT2D eigenvalue weighted by Crippen LogP contribution is -2.16. The van der Waals surface area contributed by atoms with E-state index in [2.05, 4.69) is 25.9 Å². The van der Waals surface area contributed by atoms with E-state index in [-0.39, 0.29) is 5.91 Å². The van der Waals surface area contributed by atoms with Gasteiger partial charge in [0, 0.05) is 31.6 Å². The number of nitrogens with zero attached hydrogens (tertiary/aromatic N) is 3. The Bertz CT molecular complexity index is 611. The number of H-pyrrole nitrogens is 1. The maximum atomic E-state index is 12.0. The van der Waals surface area contributed by atoms with Crippen LogP contribution in [0.3, 0.4) is 0 Å². The number of aromatic amines is 1. The summed E-state index contributed by atoms with van der Waals surface area (Å²) in [4.78, 5) is 12.0. The zero-order chi connectivity index (χ0) is 14.7. The van der Waals surface area contributed by atoms with Gasteiger partial charge in [-0.15, -0.1) is 0 Å². The molecule has 1 amide bonds. The van der Waals surface area contributed by atoms with E-state index in [9.17, 15) is 4.79 Å². The van der Waals surface area contributed by atoms with Crippen LogP contribution in [0, 0.1) is 6.92 Å². The summed E-state index contributed by atoms with van der Waals surface area (Å²) in [5.41, 5.74) is 2.91. The van der Waals surface area contributed by atoms with E-state index < -0.39 is 0 Å². The molecule has 1 aliphatic heterocycles. The molecule has 3 heterocycles. The molecule has 21 heavy (non-hydrogen) atoms. The van der Waals surface area contributed by atoms with E-state index in [1.165, 1.54) is 0 Å². The van der Waals surface area contributed by atoms with Crippen molar-refractivity contribution in [1.29, 1.82) is 0 Å². The van der Waals surface area contributed by atoms with Crippen molar-refractivity contribution >= 4 is 11.6 Å². The highest BCUT2D eigenvalue weighted by atomic mass is 16.1. The van der Waals surface area contributed by atoms with Crippen molar-refractivity contribution < 1.29 is 4.79 Å². The summed E-state index contributed by atoms with van der Waals surface area (Å²) in [5.74, 6) is 0.383. The number of nitrogens with one attached hydrogen (secondary N) is 3. The second kappa shape index (κ2) is 6.09. The molecule has 3 rings (SSSR count). The highest BCUT2D eigenvalue weighted by Gasteiger charge is 2.22. The van der Waals surface area contributed by atoms with Crippen molar-refractivity contribution in [3.05, 3.63) is 29.8 Å². The van der Waals surface area contributed by atoms with Gasteiger partial charge in [-0.3, -0.25) is 14.6 Å². The van der Waals surface area contributed by atoms with Crippen molar-refractivity contribution in [2.24, 2.45) is 0 Å². The zero-order valence-corrected chi connectivity index (χ0v) is 12.1. The monoisotopic (exact) mass is 288 g/mol. The SMILES string of the molecule is Cc1cnn(CCC(=O)Nc2cn[nH]c2C2CCNC2)c1. The van der Waals surface area contributed by atoms with Gasteiger partial charge in [-0.25, -0.2) is 0 Å². The average molecular weight is 288 g/mol. The number of hydrogen-bond donors (Lipinski definition) is 3. The quantitative estimate of drug-likeness (QED) is 0.766. The van der Waals surface area contributed by atoms with Gasteiger partial charge in [-0.2, -0.15) is 10.2 Å². The van der Waals surface area contributed by atoms with Crippen molar-refractivity contribution in [2.75, 3.05) is 18.4 Å². The maximum absolute atomic E-state index is 12.0. The van der Waals surface area contributed by atoms with Gasteiger partial charge in [0.1, 0.15) is 0 Å². The highest BCUT2D eigenvalue weighted by Crippen LogP contribution is 2.26. The summed E-state index contributed by atoms with van der Waals surface area (Å²) in [7, 11) is 0. The number of aromatic nitrogens is 4. The van der Waals surface area contributed by atoms with Crippen LogP contribution in [0.4, 0.5) is 5.69 Å². The Labute approximate surface area is 123 Å². The van der Waals surface area contributed by atoms with Crippen LogP contribution in [-0.4, -0.2) is 39.0 Å². The Hall–Kier alpha value is -2.15. The molecule has 0 bridgehead atoms. The first-order valence-electron chi connectivity index (χ1n) is 7.25. The second-order valence-electron chi connectivity index (χ2n) is 5.47. The minimum absolute atomic E-state index is 0.0169. The lowest BCUT2D eigenvalue weighted by molar-refractivity contribution is -0.116. The fourth-order valence-electron chi connectivity index (χ4n) is 2.63. The Morgan fingerprint density at radius 2 is 2.43 bits per heavy atom. The third kappa shape index (κ3) is 3.30. The summed E-state index contributed by atoms with van der Waals surface area (Å²) in [5, 5.41) is 17.5. The molecule has 0 spiro atoms. The molecule has 1 unspecified atom stereocenters. The van der Waals surface area contributed by atoms with E-state index in [4.69, 9.17) is 0 Å². The Kier molecular flexibility index (Phi) is 4.01. The minimum Gasteiger partial charge on any atom is -0.323 e. The molecule has 2 aromatic heterocycles. The number of aryl methyl sites for hydroxylation is 2. The molecule has 112 valence electrons. The second-order valence-corrected chi connectivity index (χ2v) is 5.47. The zero-order valence-electron chi connectivity index (χ0n) is 12.1. The lowest BCUT2D eigenvalue weighted by atomic mass is 10.0. The molecule has 7 heteroatoms. The van der Waals surface area contributed by atoms with Gasteiger partial charge in [0.05, 0.1) is 23.8 Å². The Morgan fingerprint density at radius 3 is 3.14 bits per heavy atom. The molecule has 7 nitrogen and oxygen atoms in total. The third-order valence-corrected chi connectivity index (χ3v) is 3.74. The Morgan fingerprint density at radius 1 is 1.52 bits per heavy atom.